The van der Waals surface area contributed by atoms with Crippen molar-refractivity contribution in [3.05, 3.63) is 41.1 Å². The highest BCUT2D eigenvalue weighted by Gasteiger charge is 2.26. The predicted molar refractivity (Wildman–Crippen MR) is 111 cm³/mol. The third-order valence-electron chi connectivity index (χ3n) is 5.78. The summed E-state index contributed by atoms with van der Waals surface area (Å²) in [6.45, 7) is 9.60. The summed E-state index contributed by atoms with van der Waals surface area (Å²) < 4.78 is 5.31. The van der Waals surface area contributed by atoms with E-state index in [-0.39, 0.29) is 11.8 Å². The molecule has 29 heavy (non-hydrogen) atoms. The highest BCUT2D eigenvalue weighted by Crippen LogP contribution is 2.20. The third kappa shape index (κ3) is 4.41. The molecule has 7 nitrogen and oxygen atoms in total. The lowest BCUT2D eigenvalue weighted by atomic mass is 10.1. The van der Waals surface area contributed by atoms with Gasteiger partial charge in [0.15, 0.2) is 0 Å². The van der Waals surface area contributed by atoms with Crippen molar-refractivity contribution in [3.8, 4) is 0 Å². The van der Waals surface area contributed by atoms with Gasteiger partial charge in [-0.05, 0) is 31.5 Å². The lowest BCUT2D eigenvalue weighted by molar-refractivity contribution is -0.136. The van der Waals surface area contributed by atoms with E-state index in [0.717, 1.165) is 22.2 Å². The highest BCUT2D eigenvalue weighted by molar-refractivity contribution is 5.98. The standard InChI is InChI=1S/C22H28N4O3/c1-16-3-4-18-14-19(17(2)23-20(18)13-16)22(28)26-7-5-24(6-8-26)15-21(27)25-9-11-29-12-10-25/h3-4,13-14H,5-12,15H2,1-2H3. The van der Waals surface area contributed by atoms with E-state index in [1.54, 1.807) is 0 Å². The quantitative estimate of drug-likeness (QED) is 0.786. The molecule has 2 saturated heterocycles. The molecule has 0 N–H and O–H groups in total. The maximum atomic E-state index is 13.1. The lowest BCUT2D eigenvalue weighted by Crippen LogP contribution is -2.52. The zero-order valence-corrected chi connectivity index (χ0v) is 17.2. The number of pyridine rings is 1. The first kappa shape index (κ1) is 19.8. The number of benzene rings is 1. The van der Waals surface area contributed by atoms with Crippen molar-refractivity contribution in [2.45, 2.75) is 13.8 Å². The molecule has 0 aliphatic carbocycles. The van der Waals surface area contributed by atoms with Crippen molar-refractivity contribution in [3.63, 3.8) is 0 Å². The molecule has 0 unspecified atom stereocenters. The molecule has 2 aliphatic heterocycles. The van der Waals surface area contributed by atoms with Gasteiger partial charge in [-0.1, -0.05) is 12.1 Å². The van der Waals surface area contributed by atoms with Crippen molar-refractivity contribution in [1.29, 1.82) is 0 Å². The molecule has 1 aromatic carbocycles. The number of hydrogen-bond donors (Lipinski definition) is 0. The minimum absolute atomic E-state index is 0.0247. The summed E-state index contributed by atoms with van der Waals surface area (Å²) in [7, 11) is 0. The number of fused-ring (bicyclic) bond motifs is 1. The van der Waals surface area contributed by atoms with Gasteiger partial charge in [0.1, 0.15) is 0 Å². The number of aromatic nitrogens is 1. The first-order chi connectivity index (χ1) is 14.0. The minimum atomic E-state index is 0.0247. The number of carbonyl (C=O) groups is 2. The number of aryl methyl sites for hydroxylation is 2. The Labute approximate surface area is 171 Å². The van der Waals surface area contributed by atoms with Gasteiger partial charge in [0, 0.05) is 44.7 Å². The van der Waals surface area contributed by atoms with Crippen LogP contribution in [0.15, 0.2) is 24.3 Å². The molecule has 2 aromatic rings. The van der Waals surface area contributed by atoms with Crippen LogP contribution in [0.1, 0.15) is 21.6 Å². The van der Waals surface area contributed by atoms with Gasteiger partial charge in [0.05, 0.1) is 36.5 Å². The van der Waals surface area contributed by atoms with Gasteiger partial charge in [0.2, 0.25) is 5.91 Å². The number of rotatable bonds is 3. The van der Waals surface area contributed by atoms with Crippen LogP contribution >= 0.6 is 0 Å². The van der Waals surface area contributed by atoms with Crippen molar-refractivity contribution < 1.29 is 14.3 Å². The molecule has 154 valence electrons. The highest BCUT2D eigenvalue weighted by atomic mass is 16.5. The Kier molecular flexibility index (Phi) is 5.78. The van der Waals surface area contributed by atoms with Gasteiger partial charge in [-0.25, -0.2) is 0 Å². The Morgan fingerprint density at radius 2 is 1.69 bits per heavy atom. The van der Waals surface area contributed by atoms with Gasteiger partial charge in [-0.2, -0.15) is 0 Å². The predicted octanol–water partition coefficient (Wildman–Crippen LogP) is 1.47. The monoisotopic (exact) mass is 396 g/mol. The largest absolute Gasteiger partial charge is 0.378 e. The van der Waals surface area contributed by atoms with E-state index in [2.05, 4.69) is 9.88 Å². The molecule has 0 saturated carbocycles. The van der Waals surface area contributed by atoms with E-state index in [9.17, 15) is 9.59 Å². The average molecular weight is 396 g/mol. The first-order valence-electron chi connectivity index (χ1n) is 10.3. The van der Waals surface area contributed by atoms with Crippen molar-refractivity contribution in [1.82, 2.24) is 19.7 Å². The molecule has 0 bridgehead atoms. The molecule has 0 atom stereocenters. The summed E-state index contributed by atoms with van der Waals surface area (Å²) in [6, 6.07) is 8.05. The van der Waals surface area contributed by atoms with E-state index >= 15 is 0 Å². The molecular weight excluding hydrogens is 368 g/mol. The van der Waals surface area contributed by atoms with Gasteiger partial charge in [0.25, 0.3) is 5.91 Å². The van der Waals surface area contributed by atoms with Crippen molar-refractivity contribution >= 4 is 22.7 Å². The van der Waals surface area contributed by atoms with E-state index in [1.807, 2.05) is 47.9 Å². The zero-order valence-electron chi connectivity index (χ0n) is 17.2. The van der Waals surface area contributed by atoms with E-state index in [0.29, 0.717) is 64.6 Å². The molecule has 3 heterocycles. The third-order valence-corrected chi connectivity index (χ3v) is 5.78. The van der Waals surface area contributed by atoms with E-state index in [4.69, 9.17) is 4.74 Å². The van der Waals surface area contributed by atoms with E-state index < -0.39 is 0 Å². The number of nitrogens with zero attached hydrogens (tertiary/aromatic N) is 4. The van der Waals surface area contributed by atoms with E-state index in [1.165, 1.54) is 0 Å². The van der Waals surface area contributed by atoms with Crippen molar-refractivity contribution in [2.75, 3.05) is 59.0 Å². The molecule has 0 spiro atoms. The molecule has 4 rings (SSSR count). The topological polar surface area (TPSA) is 66.0 Å². The molecule has 1 aromatic heterocycles. The summed E-state index contributed by atoms with van der Waals surface area (Å²) in [5.41, 5.74) is 3.51. The Morgan fingerprint density at radius 1 is 0.966 bits per heavy atom. The van der Waals surface area contributed by atoms with Crippen LogP contribution in [0, 0.1) is 13.8 Å². The maximum Gasteiger partial charge on any atom is 0.255 e. The fourth-order valence-electron chi connectivity index (χ4n) is 3.97. The zero-order chi connectivity index (χ0) is 20.4. The van der Waals surface area contributed by atoms with Crippen LogP contribution in [0.3, 0.4) is 0 Å². The SMILES string of the molecule is Cc1ccc2cc(C(=O)N3CCN(CC(=O)N4CCOCC4)CC3)c(C)nc2c1. The fraction of sp³-hybridized carbons (Fsp3) is 0.500. The van der Waals surface area contributed by atoms with Crippen LogP contribution in [0.25, 0.3) is 10.9 Å². The lowest BCUT2D eigenvalue weighted by Gasteiger charge is -2.36. The molecule has 2 amide bonds. The molecular formula is C22H28N4O3. The average Bonchev–Trinajstić information content (AvgIpc) is 2.74. The summed E-state index contributed by atoms with van der Waals surface area (Å²) >= 11 is 0. The van der Waals surface area contributed by atoms with Crippen LogP contribution in [0.5, 0.6) is 0 Å². The Bertz CT molecular complexity index is 916. The smallest absolute Gasteiger partial charge is 0.255 e. The van der Waals surface area contributed by atoms with Gasteiger partial charge in [-0.3, -0.25) is 19.5 Å². The Balaban J connectivity index is 1.37. The number of morpholine rings is 1. The van der Waals surface area contributed by atoms with Gasteiger partial charge < -0.3 is 14.5 Å². The second-order valence-corrected chi connectivity index (χ2v) is 7.88. The molecule has 2 fully saturated rings. The van der Waals surface area contributed by atoms with Crippen LogP contribution in [-0.2, 0) is 9.53 Å². The van der Waals surface area contributed by atoms with Crippen LogP contribution < -0.4 is 0 Å². The second kappa shape index (κ2) is 8.47. The van der Waals surface area contributed by atoms with Gasteiger partial charge >= 0.3 is 0 Å². The molecule has 7 heteroatoms. The van der Waals surface area contributed by atoms with Gasteiger partial charge in [-0.15, -0.1) is 0 Å². The minimum Gasteiger partial charge on any atom is -0.378 e. The maximum absolute atomic E-state index is 13.1. The second-order valence-electron chi connectivity index (χ2n) is 7.88. The molecule has 2 aliphatic rings. The Hall–Kier alpha value is -2.51. The van der Waals surface area contributed by atoms with Crippen molar-refractivity contribution in [2.24, 2.45) is 0 Å². The normalized spacial score (nSPS) is 18.3. The number of carbonyl (C=O) groups excluding carboxylic acids is 2. The summed E-state index contributed by atoms with van der Waals surface area (Å²) in [4.78, 5) is 36.0. The number of piperazine rings is 1. The summed E-state index contributed by atoms with van der Waals surface area (Å²) in [5, 5.41) is 0.985. The summed E-state index contributed by atoms with van der Waals surface area (Å²) in [5.74, 6) is 0.176. The number of amides is 2. The van der Waals surface area contributed by atoms with Crippen LogP contribution in [0.4, 0.5) is 0 Å². The Morgan fingerprint density at radius 3 is 2.41 bits per heavy atom. The van der Waals surface area contributed by atoms with Crippen LogP contribution in [-0.4, -0.2) is 90.5 Å². The fourth-order valence-corrected chi connectivity index (χ4v) is 3.97. The van der Waals surface area contributed by atoms with Crippen LogP contribution in [0.2, 0.25) is 0 Å². The number of ether oxygens (including phenoxy) is 1. The number of hydrogen-bond acceptors (Lipinski definition) is 5. The summed E-state index contributed by atoms with van der Waals surface area (Å²) in [6.07, 6.45) is 0. The first-order valence-corrected chi connectivity index (χ1v) is 10.3. The molecule has 0 radical (unpaired) electrons.